The zero-order valence-electron chi connectivity index (χ0n) is 11.8. The summed E-state index contributed by atoms with van der Waals surface area (Å²) in [4.78, 5) is 13.1. The minimum absolute atomic E-state index is 0.267. The van der Waals surface area contributed by atoms with Crippen LogP contribution in [-0.4, -0.2) is 34.6 Å². The van der Waals surface area contributed by atoms with Crippen LogP contribution in [0, 0.1) is 0 Å². The van der Waals surface area contributed by atoms with E-state index < -0.39 is 5.97 Å². The molecule has 3 heteroatoms. The third-order valence-corrected chi connectivity index (χ3v) is 3.97. The molecule has 0 amide bonds. The van der Waals surface area contributed by atoms with Gasteiger partial charge < -0.3 is 5.11 Å². The molecule has 1 aromatic rings. The summed E-state index contributed by atoms with van der Waals surface area (Å²) in [5.74, 6) is -0.696. The number of nitrogens with zero attached hydrogens (tertiary/aromatic N) is 1. The first-order valence-electron chi connectivity index (χ1n) is 7.12. The number of rotatable bonds is 6. The molecule has 0 atom stereocenters. The number of hydrogen-bond donors (Lipinski definition) is 1. The van der Waals surface area contributed by atoms with Gasteiger partial charge in [0.05, 0.1) is 0 Å². The highest BCUT2D eigenvalue weighted by atomic mass is 16.4. The van der Waals surface area contributed by atoms with Crippen molar-refractivity contribution >= 4 is 5.97 Å². The number of carboxylic acids is 1. The lowest BCUT2D eigenvalue weighted by atomic mass is 10.1. The summed E-state index contributed by atoms with van der Waals surface area (Å²) >= 11 is 0. The Balaban J connectivity index is 1.96. The lowest BCUT2D eigenvalue weighted by Crippen LogP contribution is -2.41. The second-order valence-electron chi connectivity index (χ2n) is 5.66. The van der Waals surface area contributed by atoms with E-state index in [0.29, 0.717) is 12.1 Å². The van der Waals surface area contributed by atoms with Crippen LogP contribution in [0.25, 0.3) is 0 Å². The molecule has 0 saturated carbocycles. The molecule has 19 heavy (non-hydrogen) atoms. The summed E-state index contributed by atoms with van der Waals surface area (Å²) in [5, 5.41) is 8.75. The summed E-state index contributed by atoms with van der Waals surface area (Å²) in [7, 11) is 0. The first-order valence-corrected chi connectivity index (χ1v) is 7.12. The molecule has 0 unspecified atom stereocenters. The maximum atomic E-state index is 10.6. The lowest BCUT2D eigenvalue weighted by Gasteiger charge is -2.32. The Kier molecular flexibility index (Phi) is 4.59. The molecule has 0 radical (unpaired) electrons. The maximum absolute atomic E-state index is 10.6. The van der Waals surface area contributed by atoms with Gasteiger partial charge in [-0.1, -0.05) is 24.3 Å². The molecule has 0 aliphatic heterocycles. The van der Waals surface area contributed by atoms with Gasteiger partial charge in [-0.3, -0.25) is 9.69 Å². The molecule has 0 aromatic heterocycles. The Morgan fingerprint density at radius 1 is 1.32 bits per heavy atom. The van der Waals surface area contributed by atoms with E-state index in [-0.39, 0.29) is 6.42 Å². The van der Waals surface area contributed by atoms with E-state index in [1.165, 1.54) is 11.1 Å². The normalized spacial score (nSPS) is 15.2. The van der Waals surface area contributed by atoms with Crippen molar-refractivity contribution in [2.45, 2.75) is 51.6 Å². The number of fused-ring (bicyclic) bond motifs is 1. The molecule has 1 aromatic carbocycles. The minimum atomic E-state index is -0.696. The van der Waals surface area contributed by atoms with Crippen LogP contribution in [0.2, 0.25) is 0 Å². The fourth-order valence-corrected chi connectivity index (χ4v) is 3.05. The van der Waals surface area contributed by atoms with Crippen molar-refractivity contribution in [3.05, 3.63) is 35.4 Å². The number of hydrogen-bond acceptors (Lipinski definition) is 2. The molecule has 104 valence electrons. The molecule has 1 aliphatic rings. The van der Waals surface area contributed by atoms with Gasteiger partial charge in [-0.05, 0) is 50.8 Å². The third-order valence-electron chi connectivity index (χ3n) is 3.97. The van der Waals surface area contributed by atoms with Gasteiger partial charge in [0.15, 0.2) is 0 Å². The standard InChI is InChI=1S/C16H23NO2/c1-12(2)17(9-5-8-16(18)19)15-10-13-6-3-4-7-14(13)11-15/h3-4,6-7,12,15H,5,8-11H2,1-2H3,(H,18,19). The molecule has 1 aliphatic carbocycles. The topological polar surface area (TPSA) is 40.5 Å². The second kappa shape index (κ2) is 6.20. The van der Waals surface area contributed by atoms with Crippen LogP contribution in [0.3, 0.4) is 0 Å². The Morgan fingerprint density at radius 2 is 1.89 bits per heavy atom. The molecule has 3 nitrogen and oxygen atoms in total. The zero-order valence-corrected chi connectivity index (χ0v) is 11.8. The van der Waals surface area contributed by atoms with Crippen molar-refractivity contribution < 1.29 is 9.90 Å². The highest BCUT2D eigenvalue weighted by molar-refractivity contribution is 5.66. The fourth-order valence-electron chi connectivity index (χ4n) is 3.05. The van der Waals surface area contributed by atoms with E-state index in [9.17, 15) is 4.79 Å². The van der Waals surface area contributed by atoms with Crippen LogP contribution in [-0.2, 0) is 17.6 Å². The number of benzene rings is 1. The van der Waals surface area contributed by atoms with Gasteiger partial charge in [0.25, 0.3) is 0 Å². The van der Waals surface area contributed by atoms with Gasteiger partial charge in [-0.15, -0.1) is 0 Å². The first kappa shape index (κ1) is 14.1. The van der Waals surface area contributed by atoms with E-state index in [2.05, 4.69) is 43.0 Å². The van der Waals surface area contributed by atoms with Crippen molar-refractivity contribution in [3.8, 4) is 0 Å². The molecular weight excluding hydrogens is 238 g/mol. The minimum Gasteiger partial charge on any atom is -0.481 e. The molecular formula is C16H23NO2. The van der Waals surface area contributed by atoms with E-state index in [4.69, 9.17) is 5.11 Å². The molecule has 2 rings (SSSR count). The van der Waals surface area contributed by atoms with Crippen molar-refractivity contribution in [3.63, 3.8) is 0 Å². The van der Waals surface area contributed by atoms with E-state index in [0.717, 1.165) is 25.8 Å². The van der Waals surface area contributed by atoms with E-state index in [1.54, 1.807) is 0 Å². The van der Waals surface area contributed by atoms with Crippen LogP contribution in [0.4, 0.5) is 0 Å². The summed E-state index contributed by atoms with van der Waals surface area (Å²) in [6.07, 6.45) is 3.20. The predicted octanol–water partition coefficient (Wildman–Crippen LogP) is 2.73. The fraction of sp³-hybridized carbons (Fsp3) is 0.562. The average Bonchev–Trinajstić information content (AvgIpc) is 2.76. The Morgan fingerprint density at radius 3 is 2.37 bits per heavy atom. The molecule has 1 N–H and O–H groups in total. The van der Waals surface area contributed by atoms with Crippen LogP contribution in [0.1, 0.15) is 37.8 Å². The lowest BCUT2D eigenvalue weighted by molar-refractivity contribution is -0.137. The van der Waals surface area contributed by atoms with Crippen molar-refractivity contribution in [1.82, 2.24) is 4.90 Å². The quantitative estimate of drug-likeness (QED) is 0.856. The predicted molar refractivity (Wildman–Crippen MR) is 76.3 cm³/mol. The smallest absolute Gasteiger partial charge is 0.303 e. The number of carbonyl (C=O) groups is 1. The van der Waals surface area contributed by atoms with Gasteiger partial charge in [-0.25, -0.2) is 0 Å². The van der Waals surface area contributed by atoms with Crippen molar-refractivity contribution in [1.29, 1.82) is 0 Å². The summed E-state index contributed by atoms with van der Waals surface area (Å²) in [5.41, 5.74) is 2.91. The van der Waals surface area contributed by atoms with Crippen LogP contribution in [0.15, 0.2) is 24.3 Å². The van der Waals surface area contributed by atoms with Crippen LogP contribution >= 0.6 is 0 Å². The van der Waals surface area contributed by atoms with E-state index >= 15 is 0 Å². The molecule has 0 heterocycles. The molecule has 0 bridgehead atoms. The highest BCUT2D eigenvalue weighted by Gasteiger charge is 2.27. The molecule has 0 spiro atoms. The Bertz CT molecular complexity index is 417. The second-order valence-corrected chi connectivity index (χ2v) is 5.66. The van der Waals surface area contributed by atoms with Crippen LogP contribution in [0.5, 0.6) is 0 Å². The monoisotopic (exact) mass is 261 g/mol. The van der Waals surface area contributed by atoms with Crippen molar-refractivity contribution in [2.24, 2.45) is 0 Å². The Hall–Kier alpha value is -1.35. The van der Waals surface area contributed by atoms with Gasteiger partial charge in [0.1, 0.15) is 0 Å². The largest absolute Gasteiger partial charge is 0.481 e. The zero-order chi connectivity index (χ0) is 13.8. The molecule has 0 fully saturated rings. The summed E-state index contributed by atoms with van der Waals surface area (Å²) in [6.45, 7) is 5.27. The first-order chi connectivity index (χ1) is 9.08. The van der Waals surface area contributed by atoms with Gasteiger partial charge in [0.2, 0.25) is 0 Å². The molecule has 0 saturated heterocycles. The number of carboxylic acid groups (broad SMARTS) is 1. The summed E-state index contributed by atoms with van der Waals surface area (Å²) < 4.78 is 0. The van der Waals surface area contributed by atoms with Gasteiger partial charge in [-0.2, -0.15) is 0 Å². The van der Waals surface area contributed by atoms with Crippen molar-refractivity contribution in [2.75, 3.05) is 6.54 Å². The summed E-state index contributed by atoms with van der Waals surface area (Å²) in [6, 6.07) is 9.63. The third kappa shape index (κ3) is 3.57. The Labute approximate surface area is 115 Å². The van der Waals surface area contributed by atoms with Crippen LogP contribution < -0.4 is 0 Å². The van der Waals surface area contributed by atoms with Gasteiger partial charge in [0, 0.05) is 18.5 Å². The SMILES string of the molecule is CC(C)N(CCCC(=O)O)C1Cc2ccccc2C1. The van der Waals surface area contributed by atoms with E-state index in [1.807, 2.05) is 0 Å². The van der Waals surface area contributed by atoms with Gasteiger partial charge >= 0.3 is 5.97 Å². The maximum Gasteiger partial charge on any atom is 0.303 e. The highest BCUT2D eigenvalue weighted by Crippen LogP contribution is 2.26. The number of aliphatic carboxylic acids is 1. The average molecular weight is 261 g/mol.